The Hall–Kier alpha value is -3.26. The summed E-state index contributed by atoms with van der Waals surface area (Å²) in [5.74, 6) is -0.594. The molecule has 1 amide bonds. The smallest absolute Gasteiger partial charge is 0.336 e. The van der Waals surface area contributed by atoms with E-state index in [4.69, 9.17) is 21.1 Å². The van der Waals surface area contributed by atoms with E-state index >= 15 is 0 Å². The van der Waals surface area contributed by atoms with Crippen molar-refractivity contribution in [3.8, 4) is 5.75 Å². The lowest BCUT2D eigenvalue weighted by Crippen LogP contribution is -2.18. The minimum absolute atomic E-state index is 0.302. The Labute approximate surface area is 204 Å². The van der Waals surface area contributed by atoms with Crippen LogP contribution in [0.2, 0.25) is 5.02 Å². The number of hydrazone groups is 1. The van der Waals surface area contributed by atoms with Crippen LogP contribution >= 0.6 is 27.5 Å². The Balaban J connectivity index is 1.42. The molecule has 0 spiro atoms. The first-order valence-electron chi connectivity index (χ1n) is 9.96. The van der Waals surface area contributed by atoms with E-state index < -0.39 is 5.97 Å². The molecular formula is C25H18BrClN2O4. The number of amides is 1. The molecule has 0 aliphatic carbocycles. The third-order valence-corrected chi connectivity index (χ3v) is 5.56. The molecule has 3 aromatic carbocycles. The van der Waals surface area contributed by atoms with Crippen molar-refractivity contribution in [3.05, 3.63) is 104 Å². The van der Waals surface area contributed by atoms with Crippen molar-refractivity contribution in [1.29, 1.82) is 0 Å². The van der Waals surface area contributed by atoms with Gasteiger partial charge in [0.05, 0.1) is 19.4 Å². The van der Waals surface area contributed by atoms with Gasteiger partial charge in [0.15, 0.2) is 0 Å². The number of hydrogen-bond acceptors (Lipinski definition) is 5. The Morgan fingerprint density at radius 2 is 1.82 bits per heavy atom. The van der Waals surface area contributed by atoms with Crippen molar-refractivity contribution in [2.24, 2.45) is 5.10 Å². The molecule has 8 heteroatoms. The number of hydrogen-bond donors (Lipinski definition) is 1. The molecule has 166 valence electrons. The van der Waals surface area contributed by atoms with Crippen LogP contribution in [0.25, 0.3) is 6.08 Å². The molecule has 33 heavy (non-hydrogen) atoms. The van der Waals surface area contributed by atoms with E-state index in [2.05, 4.69) is 26.5 Å². The molecule has 1 N–H and O–H groups in total. The van der Waals surface area contributed by atoms with Crippen molar-refractivity contribution in [2.75, 3.05) is 0 Å². The molecule has 0 aromatic heterocycles. The number of carbonyl (C=O) groups excluding carboxylic acids is 2. The Morgan fingerprint density at radius 1 is 1.03 bits per heavy atom. The summed E-state index contributed by atoms with van der Waals surface area (Å²) >= 11 is 9.26. The minimum atomic E-state index is -0.550. The van der Waals surface area contributed by atoms with Crippen LogP contribution in [0.1, 0.15) is 32.6 Å². The summed E-state index contributed by atoms with van der Waals surface area (Å²) in [5.41, 5.74) is 6.40. The highest BCUT2D eigenvalue weighted by molar-refractivity contribution is 9.10. The average molecular weight is 526 g/mol. The number of fused-ring (bicyclic) bond motifs is 1. The standard InChI is InChI=1S/C25H18BrClN2O4/c26-21-6-9-23(33-24(30)10-3-16-1-7-22(27)8-2-16)19(12-21)13-28-29-25(31)17-4-5-18-14-32-15-20(18)11-17/h1-13H,14-15H2,(H,29,31)/b10-3+,28-13?. The fourth-order valence-corrected chi connectivity index (χ4v) is 3.64. The minimum Gasteiger partial charge on any atom is -0.423 e. The summed E-state index contributed by atoms with van der Waals surface area (Å²) in [7, 11) is 0. The molecule has 0 unspecified atom stereocenters. The van der Waals surface area contributed by atoms with Crippen LogP contribution in [-0.2, 0) is 22.7 Å². The maximum absolute atomic E-state index is 12.4. The molecule has 0 saturated heterocycles. The summed E-state index contributed by atoms with van der Waals surface area (Å²) in [4.78, 5) is 24.7. The molecule has 4 rings (SSSR count). The van der Waals surface area contributed by atoms with Crippen LogP contribution in [0, 0.1) is 0 Å². The van der Waals surface area contributed by atoms with Crippen molar-refractivity contribution in [2.45, 2.75) is 13.2 Å². The Bertz CT molecular complexity index is 1260. The molecule has 0 saturated carbocycles. The van der Waals surface area contributed by atoms with Gasteiger partial charge in [0.1, 0.15) is 5.75 Å². The van der Waals surface area contributed by atoms with Gasteiger partial charge in [-0.25, -0.2) is 10.2 Å². The second-order valence-corrected chi connectivity index (χ2v) is 8.52. The number of esters is 1. The summed E-state index contributed by atoms with van der Waals surface area (Å²) in [6, 6.07) is 17.6. The molecule has 0 radical (unpaired) electrons. The first-order valence-corrected chi connectivity index (χ1v) is 11.1. The number of benzene rings is 3. The van der Waals surface area contributed by atoms with Gasteiger partial charge in [0, 0.05) is 26.7 Å². The van der Waals surface area contributed by atoms with E-state index in [9.17, 15) is 9.59 Å². The van der Waals surface area contributed by atoms with Crippen LogP contribution < -0.4 is 10.2 Å². The van der Waals surface area contributed by atoms with Gasteiger partial charge < -0.3 is 9.47 Å². The lowest BCUT2D eigenvalue weighted by molar-refractivity contribution is -0.128. The summed E-state index contributed by atoms with van der Waals surface area (Å²) in [5, 5.41) is 4.64. The van der Waals surface area contributed by atoms with E-state index in [0.717, 1.165) is 21.2 Å². The van der Waals surface area contributed by atoms with E-state index in [1.807, 2.05) is 6.07 Å². The van der Waals surface area contributed by atoms with Crippen LogP contribution in [0.15, 0.2) is 76.3 Å². The normalized spacial score (nSPS) is 12.8. The number of nitrogens with zero attached hydrogens (tertiary/aromatic N) is 1. The lowest BCUT2D eigenvalue weighted by atomic mass is 10.1. The first-order chi connectivity index (χ1) is 16.0. The fraction of sp³-hybridized carbons (Fsp3) is 0.0800. The maximum atomic E-state index is 12.4. The van der Waals surface area contributed by atoms with Gasteiger partial charge in [-0.2, -0.15) is 5.10 Å². The van der Waals surface area contributed by atoms with Gasteiger partial charge in [-0.15, -0.1) is 0 Å². The molecule has 0 bridgehead atoms. The third-order valence-electron chi connectivity index (χ3n) is 4.82. The van der Waals surface area contributed by atoms with Gasteiger partial charge in [-0.3, -0.25) is 4.79 Å². The highest BCUT2D eigenvalue weighted by Crippen LogP contribution is 2.23. The van der Waals surface area contributed by atoms with Gasteiger partial charge in [-0.1, -0.05) is 45.7 Å². The third kappa shape index (κ3) is 6.16. The summed E-state index contributed by atoms with van der Waals surface area (Å²) < 4.78 is 11.6. The van der Waals surface area contributed by atoms with Crippen LogP contribution in [-0.4, -0.2) is 18.1 Å². The molecule has 1 aliphatic rings. The predicted molar refractivity (Wildman–Crippen MR) is 130 cm³/mol. The van der Waals surface area contributed by atoms with Crippen molar-refractivity contribution in [3.63, 3.8) is 0 Å². The zero-order valence-electron chi connectivity index (χ0n) is 17.3. The quantitative estimate of drug-likeness (QED) is 0.151. The Kier molecular flexibility index (Phi) is 7.34. The van der Waals surface area contributed by atoms with Gasteiger partial charge >= 0.3 is 5.97 Å². The SMILES string of the molecule is O=C(/C=C/c1ccc(Cl)cc1)Oc1ccc(Br)cc1C=NNC(=O)c1ccc2c(c1)COC2. The molecular weight excluding hydrogens is 508 g/mol. The molecule has 1 aliphatic heterocycles. The zero-order chi connectivity index (χ0) is 23.2. The van der Waals surface area contributed by atoms with Crippen LogP contribution in [0.4, 0.5) is 0 Å². The van der Waals surface area contributed by atoms with E-state index in [1.54, 1.807) is 60.7 Å². The predicted octanol–water partition coefficient (Wildman–Crippen LogP) is 5.52. The molecule has 3 aromatic rings. The second kappa shape index (κ2) is 10.6. The van der Waals surface area contributed by atoms with Crippen molar-refractivity contribution >= 4 is 51.7 Å². The Morgan fingerprint density at radius 3 is 2.64 bits per heavy atom. The average Bonchev–Trinajstić information content (AvgIpc) is 3.28. The number of rotatable bonds is 6. The zero-order valence-corrected chi connectivity index (χ0v) is 19.6. The van der Waals surface area contributed by atoms with Gasteiger partial charge in [0.2, 0.25) is 0 Å². The first kappa shape index (κ1) is 22.9. The summed E-state index contributed by atoms with van der Waals surface area (Å²) in [6.45, 7) is 1.06. The van der Waals surface area contributed by atoms with Gasteiger partial charge in [-0.05, 0) is 65.2 Å². The number of carbonyl (C=O) groups is 2. The van der Waals surface area contributed by atoms with E-state index in [0.29, 0.717) is 35.1 Å². The molecule has 6 nitrogen and oxygen atoms in total. The van der Waals surface area contributed by atoms with E-state index in [1.165, 1.54) is 12.3 Å². The fourth-order valence-electron chi connectivity index (χ4n) is 3.13. The molecule has 0 fully saturated rings. The van der Waals surface area contributed by atoms with Crippen molar-refractivity contribution < 1.29 is 19.1 Å². The lowest BCUT2D eigenvalue weighted by Gasteiger charge is -2.06. The highest BCUT2D eigenvalue weighted by atomic mass is 79.9. The van der Waals surface area contributed by atoms with Gasteiger partial charge in [0.25, 0.3) is 5.91 Å². The monoisotopic (exact) mass is 524 g/mol. The topological polar surface area (TPSA) is 77.0 Å². The van der Waals surface area contributed by atoms with Crippen LogP contribution in [0.3, 0.4) is 0 Å². The number of halogens is 2. The van der Waals surface area contributed by atoms with Crippen LogP contribution in [0.5, 0.6) is 5.75 Å². The highest BCUT2D eigenvalue weighted by Gasteiger charge is 2.14. The van der Waals surface area contributed by atoms with E-state index in [-0.39, 0.29) is 5.91 Å². The largest absolute Gasteiger partial charge is 0.423 e. The number of nitrogens with one attached hydrogen (secondary N) is 1. The molecule has 0 atom stereocenters. The second-order valence-electron chi connectivity index (χ2n) is 7.16. The summed E-state index contributed by atoms with van der Waals surface area (Å²) in [6.07, 6.45) is 4.38. The maximum Gasteiger partial charge on any atom is 0.336 e. The van der Waals surface area contributed by atoms with Crippen molar-refractivity contribution in [1.82, 2.24) is 5.43 Å². The number of ether oxygens (including phenoxy) is 2. The molecule has 1 heterocycles.